The van der Waals surface area contributed by atoms with Gasteiger partial charge in [-0.25, -0.2) is 0 Å². The third-order valence-electron chi connectivity index (χ3n) is 3.34. The normalized spacial score (nSPS) is 30.2. The third-order valence-corrected chi connectivity index (χ3v) is 3.34. The highest BCUT2D eigenvalue weighted by Crippen LogP contribution is 2.31. The Morgan fingerprint density at radius 1 is 1.22 bits per heavy atom. The van der Waals surface area contributed by atoms with Crippen molar-refractivity contribution >= 4 is 5.97 Å². The molecule has 18 heavy (non-hydrogen) atoms. The number of esters is 1. The highest BCUT2D eigenvalue weighted by atomic mass is 16.5. The number of carbonyl (C=O) groups is 1. The topological polar surface area (TPSA) is 29.5 Å². The monoisotopic (exact) mass is 257 g/mol. The van der Waals surface area contributed by atoms with Gasteiger partial charge in [0.15, 0.2) is 0 Å². The first-order valence-electron chi connectivity index (χ1n) is 7.58. The minimum atomic E-state index is -0.129. The van der Waals surface area contributed by atoms with Crippen LogP contribution in [0.3, 0.4) is 0 Å². The summed E-state index contributed by atoms with van der Waals surface area (Å²) in [4.78, 5) is 13.5. The minimum absolute atomic E-state index is 0.129. The summed E-state index contributed by atoms with van der Waals surface area (Å²) >= 11 is 0. The van der Waals surface area contributed by atoms with Gasteiger partial charge >= 0.3 is 5.97 Å². The van der Waals surface area contributed by atoms with Crippen LogP contribution >= 0.6 is 0 Å². The fourth-order valence-corrected chi connectivity index (χ4v) is 2.87. The maximum atomic E-state index is 11.0. The van der Waals surface area contributed by atoms with Gasteiger partial charge < -0.3 is 4.74 Å². The second-order valence-corrected chi connectivity index (χ2v) is 4.69. The van der Waals surface area contributed by atoms with Crippen molar-refractivity contribution in [3.8, 4) is 0 Å². The predicted molar refractivity (Wildman–Crippen MR) is 76.6 cm³/mol. The SMILES string of the molecule is CC.CC.CC(=O)O[C@H]1CC(C)CN2CCCC12. The highest BCUT2D eigenvalue weighted by molar-refractivity contribution is 5.66. The molecule has 2 unspecified atom stereocenters. The molecule has 2 fully saturated rings. The van der Waals surface area contributed by atoms with E-state index in [2.05, 4.69) is 11.8 Å². The van der Waals surface area contributed by atoms with E-state index in [0.717, 1.165) is 6.42 Å². The molecule has 2 rings (SSSR count). The van der Waals surface area contributed by atoms with Crippen LogP contribution in [0.25, 0.3) is 0 Å². The number of hydrogen-bond acceptors (Lipinski definition) is 3. The van der Waals surface area contributed by atoms with Gasteiger partial charge in [-0.1, -0.05) is 34.6 Å². The summed E-state index contributed by atoms with van der Waals surface area (Å²) in [6, 6.07) is 0.509. The molecule has 0 amide bonds. The zero-order chi connectivity index (χ0) is 14.1. The first kappa shape index (κ1) is 17.4. The van der Waals surface area contributed by atoms with Crippen LogP contribution in [-0.4, -0.2) is 36.1 Å². The molecular weight excluding hydrogens is 226 g/mol. The number of hydrogen-bond donors (Lipinski definition) is 0. The molecule has 3 heteroatoms. The first-order valence-corrected chi connectivity index (χ1v) is 7.58. The molecule has 2 heterocycles. The Morgan fingerprint density at radius 2 is 1.83 bits per heavy atom. The number of piperidine rings is 1. The van der Waals surface area contributed by atoms with Crippen molar-refractivity contribution in [2.45, 2.75) is 73.0 Å². The Kier molecular flexibility index (Phi) is 9.08. The quantitative estimate of drug-likeness (QED) is 0.674. The fourth-order valence-electron chi connectivity index (χ4n) is 2.87. The van der Waals surface area contributed by atoms with Crippen molar-refractivity contribution in [1.29, 1.82) is 0 Å². The summed E-state index contributed by atoms with van der Waals surface area (Å²) in [5.41, 5.74) is 0. The van der Waals surface area contributed by atoms with Crippen LogP contribution < -0.4 is 0 Å². The summed E-state index contributed by atoms with van der Waals surface area (Å²) in [6.45, 7) is 14.1. The van der Waals surface area contributed by atoms with Crippen LogP contribution in [0.15, 0.2) is 0 Å². The fraction of sp³-hybridized carbons (Fsp3) is 0.933. The van der Waals surface area contributed by atoms with E-state index in [9.17, 15) is 4.79 Å². The van der Waals surface area contributed by atoms with E-state index >= 15 is 0 Å². The molecule has 0 aromatic carbocycles. The molecule has 0 bridgehead atoms. The van der Waals surface area contributed by atoms with Gasteiger partial charge in [0.2, 0.25) is 0 Å². The Labute approximate surface area is 113 Å². The molecule has 2 aliphatic heterocycles. The third kappa shape index (κ3) is 4.97. The molecule has 0 aliphatic carbocycles. The van der Waals surface area contributed by atoms with E-state index in [1.807, 2.05) is 27.7 Å². The van der Waals surface area contributed by atoms with E-state index in [-0.39, 0.29) is 12.1 Å². The average molecular weight is 257 g/mol. The maximum Gasteiger partial charge on any atom is 0.302 e. The Hall–Kier alpha value is -0.570. The molecule has 108 valence electrons. The standard InChI is InChI=1S/C11H19NO2.2C2H6/c1-8-6-11(14-9(2)13)10-4-3-5-12(10)7-8;2*1-2/h8,10-11H,3-7H2,1-2H3;2*1-2H3/t8?,10?,11-;;/m0../s1. The van der Waals surface area contributed by atoms with Crippen molar-refractivity contribution in [1.82, 2.24) is 4.90 Å². The molecule has 0 spiro atoms. The van der Waals surface area contributed by atoms with Crippen LogP contribution in [-0.2, 0) is 9.53 Å². The molecule has 0 radical (unpaired) electrons. The Balaban J connectivity index is 0.000000659. The summed E-state index contributed by atoms with van der Waals surface area (Å²) in [5, 5.41) is 0. The Morgan fingerprint density at radius 3 is 2.39 bits per heavy atom. The number of rotatable bonds is 1. The largest absolute Gasteiger partial charge is 0.461 e. The first-order chi connectivity index (χ1) is 8.66. The number of fused-ring (bicyclic) bond motifs is 1. The second kappa shape index (κ2) is 9.37. The Bertz CT molecular complexity index is 231. The van der Waals surface area contributed by atoms with Gasteiger partial charge in [0.1, 0.15) is 6.10 Å². The van der Waals surface area contributed by atoms with Crippen molar-refractivity contribution in [2.24, 2.45) is 5.92 Å². The van der Waals surface area contributed by atoms with Crippen molar-refractivity contribution in [3.05, 3.63) is 0 Å². The number of ether oxygens (including phenoxy) is 1. The van der Waals surface area contributed by atoms with Gasteiger partial charge in [0.25, 0.3) is 0 Å². The van der Waals surface area contributed by atoms with Crippen LogP contribution in [0.5, 0.6) is 0 Å². The number of nitrogens with zero attached hydrogens (tertiary/aromatic N) is 1. The molecule has 0 saturated carbocycles. The van der Waals surface area contributed by atoms with E-state index in [1.165, 1.54) is 32.9 Å². The minimum Gasteiger partial charge on any atom is -0.461 e. The molecule has 3 nitrogen and oxygen atoms in total. The van der Waals surface area contributed by atoms with Gasteiger partial charge in [0.05, 0.1) is 0 Å². The van der Waals surface area contributed by atoms with Crippen molar-refractivity contribution in [2.75, 3.05) is 13.1 Å². The van der Waals surface area contributed by atoms with Gasteiger partial charge in [-0.15, -0.1) is 0 Å². The van der Waals surface area contributed by atoms with Crippen molar-refractivity contribution in [3.63, 3.8) is 0 Å². The van der Waals surface area contributed by atoms with Crippen LogP contribution in [0.1, 0.15) is 60.8 Å². The molecule has 0 N–H and O–H groups in total. The highest BCUT2D eigenvalue weighted by Gasteiger charge is 2.38. The van der Waals surface area contributed by atoms with E-state index in [4.69, 9.17) is 4.74 Å². The summed E-state index contributed by atoms with van der Waals surface area (Å²) < 4.78 is 5.39. The van der Waals surface area contributed by atoms with Gasteiger partial charge in [-0.2, -0.15) is 0 Å². The summed E-state index contributed by atoms with van der Waals surface area (Å²) in [7, 11) is 0. The van der Waals surface area contributed by atoms with Crippen LogP contribution in [0.2, 0.25) is 0 Å². The average Bonchev–Trinajstić information content (AvgIpc) is 2.81. The lowest BCUT2D eigenvalue weighted by molar-refractivity contribution is -0.152. The van der Waals surface area contributed by atoms with Crippen LogP contribution in [0.4, 0.5) is 0 Å². The predicted octanol–water partition coefficient (Wildman–Crippen LogP) is 3.47. The lowest BCUT2D eigenvalue weighted by Gasteiger charge is -2.39. The zero-order valence-electron chi connectivity index (χ0n) is 13.0. The summed E-state index contributed by atoms with van der Waals surface area (Å²) in [6.07, 6.45) is 3.65. The molecule has 0 aromatic heterocycles. The van der Waals surface area contributed by atoms with E-state index in [1.54, 1.807) is 0 Å². The molecule has 3 atom stereocenters. The lowest BCUT2D eigenvalue weighted by atomic mass is 9.92. The second-order valence-electron chi connectivity index (χ2n) is 4.69. The number of carbonyl (C=O) groups excluding carboxylic acids is 1. The van der Waals surface area contributed by atoms with E-state index < -0.39 is 0 Å². The lowest BCUT2D eigenvalue weighted by Crippen LogP contribution is -2.48. The van der Waals surface area contributed by atoms with Gasteiger partial charge in [0, 0.05) is 19.5 Å². The molecule has 0 aromatic rings. The smallest absolute Gasteiger partial charge is 0.302 e. The maximum absolute atomic E-state index is 11.0. The zero-order valence-corrected chi connectivity index (χ0v) is 13.0. The molecular formula is C15H31NO2. The molecule has 2 saturated heterocycles. The molecule has 2 aliphatic rings. The van der Waals surface area contributed by atoms with E-state index in [0.29, 0.717) is 12.0 Å². The van der Waals surface area contributed by atoms with Crippen molar-refractivity contribution < 1.29 is 9.53 Å². The summed E-state index contributed by atoms with van der Waals surface area (Å²) in [5.74, 6) is 0.532. The van der Waals surface area contributed by atoms with Gasteiger partial charge in [-0.3, -0.25) is 9.69 Å². The van der Waals surface area contributed by atoms with Crippen LogP contribution in [0, 0.1) is 5.92 Å². The van der Waals surface area contributed by atoms with Gasteiger partial charge in [-0.05, 0) is 31.7 Å².